The van der Waals surface area contributed by atoms with Gasteiger partial charge in [-0.3, -0.25) is 4.79 Å². The minimum absolute atomic E-state index is 0.199. The highest BCUT2D eigenvalue weighted by Crippen LogP contribution is 2.15. The van der Waals surface area contributed by atoms with Crippen molar-refractivity contribution >= 4 is 33.8 Å². The summed E-state index contributed by atoms with van der Waals surface area (Å²) in [6.45, 7) is 0. The molecular formula is C5H2BrClN2O. The number of aldehydes is 1. The largest absolute Gasteiger partial charge is 0.296 e. The number of carbonyl (C=O) groups excluding carboxylic acids is 1. The predicted molar refractivity (Wildman–Crippen MR) is 40.1 cm³/mol. The van der Waals surface area contributed by atoms with Gasteiger partial charge >= 0.3 is 0 Å². The minimum atomic E-state index is 0.199. The van der Waals surface area contributed by atoms with Crippen molar-refractivity contribution in [2.45, 2.75) is 0 Å². The fourth-order valence-electron chi connectivity index (χ4n) is 0.421. The first kappa shape index (κ1) is 7.63. The second-order valence-corrected chi connectivity index (χ2v) is 2.60. The van der Waals surface area contributed by atoms with Gasteiger partial charge in [-0.2, -0.15) is 0 Å². The quantitative estimate of drug-likeness (QED) is 0.678. The monoisotopic (exact) mass is 220 g/mol. The predicted octanol–water partition coefficient (Wildman–Crippen LogP) is 1.70. The van der Waals surface area contributed by atoms with Crippen LogP contribution in [0.5, 0.6) is 0 Å². The molecule has 1 heterocycles. The molecule has 0 fully saturated rings. The molecule has 1 aromatic heterocycles. The highest BCUT2D eigenvalue weighted by Gasteiger charge is 1.99. The normalized spacial score (nSPS) is 9.40. The van der Waals surface area contributed by atoms with E-state index in [4.69, 9.17) is 11.6 Å². The summed E-state index contributed by atoms with van der Waals surface area (Å²) in [5.41, 5.74) is 0.230. The van der Waals surface area contributed by atoms with E-state index < -0.39 is 0 Å². The summed E-state index contributed by atoms with van der Waals surface area (Å²) in [5, 5.41) is 0.199. The van der Waals surface area contributed by atoms with Gasteiger partial charge in [0.25, 0.3) is 0 Å². The zero-order valence-electron chi connectivity index (χ0n) is 4.71. The van der Waals surface area contributed by atoms with E-state index in [1.54, 1.807) is 0 Å². The fraction of sp³-hybridized carbons (Fsp3) is 0. The number of carbonyl (C=O) groups is 1. The van der Waals surface area contributed by atoms with Crippen LogP contribution in [0.25, 0.3) is 0 Å². The SMILES string of the molecule is O=Cc1cnc(Br)c(Cl)n1. The molecule has 1 rings (SSSR count). The van der Waals surface area contributed by atoms with Gasteiger partial charge < -0.3 is 0 Å². The molecule has 0 amide bonds. The molecule has 0 bridgehead atoms. The Bertz CT molecular complexity index is 266. The van der Waals surface area contributed by atoms with Gasteiger partial charge in [-0.1, -0.05) is 11.6 Å². The molecule has 0 unspecified atom stereocenters. The Morgan fingerprint density at radius 3 is 2.90 bits per heavy atom. The van der Waals surface area contributed by atoms with Crippen LogP contribution in [0.1, 0.15) is 10.5 Å². The molecule has 3 nitrogen and oxygen atoms in total. The van der Waals surface area contributed by atoms with Crippen molar-refractivity contribution < 1.29 is 4.79 Å². The molecule has 0 saturated carbocycles. The fourth-order valence-corrected chi connectivity index (χ4v) is 0.759. The third kappa shape index (κ3) is 1.52. The maximum atomic E-state index is 10.1. The summed E-state index contributed by atoms with van der Waals surface area (Å²) in [6, 6.07) is 0. The first-order valence-corrected chi connectivity index (χ1v) is 3.54. The number of halogens is 2. The Kier molecular flexibility index (Phi) is 2.34. The second kappa shape index (κ2) is 3.07. The van der Waals surface area contributed by atoms with Crippen molar-refractivity contribution in [1.29, 1.82) is 0 Å². The third-order valence-electron chi connectivity index (χ3n) is 0.828. The van der Waals surface area contributed by atoms with Crippen LogP contribution in [0.15, 0.2) is 10.8 Å². The lowest BCUT2D eigenvalue weighted by Crippen LogP contribution is -1.89. The van der Waals surface area contributed by atoms with Gasteiger partial charge in [0.15, 0.2) is 11.4 Å². The van der Waals surface area contributed by atoms with Gasteiger partial charge in [-0.05, 0) is 15.9 Å². The molecule has 0 N–H and O–H groups in total. The molecule has 0 saturated heterocycles. The third-order valence-corrected chi connectivity index (χ3v) is 1.90. The van der Waals surface area contributed by atoms with E-state index in [-0.39, 0.29) is 10.8 Å². The van der Waals surface area contributed by atoms with Crippen molar-refractivity contribution in [1.82, 2.24) is 9.97 Å². The summed E-state index contributed by atoms with van der Waals surface area (Å²) >= 11 is 8.55. The summed E-state index contributed by atoms with van der Waals surface area (Å²) in [5.74, 6) is 0. The number of aromatic nitrogens is 2. The maximum Gasteiger partial charge on any atom is 0.170 e. The molecule has 0 aliphatic carbocycles. The molecule has 5 heteroatoms. The van der Waals surface area contributed by atoms with Gasteiger partial charge in [-0.15, -0.1) is 0 Å². The van der Waals surface area contributed by atoms with E-state index in [9.17, 15) is 4.79 Å². The number of nitrogens with zero attached hydrogens (tertiary/aromatic N) is 2. The van der Waals surface area contributed by atoms with Crippen LogP contribution in [-0.2, 0) is 0 Å². The molecule has 0 aliphatic heterocycles. The van der Waals surface area contributed by atoms with E-state index >= 15 is 0 Å². The van der Waals surface area contributed by atoms with Crippen LogP contribution >= 0.6 is 27.5 Å². The minimum Gasteiger partial charge on any atom is -0.296 e. The summed E-state index contributed by atoms with van der Waals surface area (Å²) < 4.78 is 0.444. The molecule has 52 valence electrons. The molecule has 10 heavy (non-hydrogen) atoms. The Morgan fingerprint density at radius 2 is 2.40 bits per heavy atom. The van der Waals surface area contributed by atoms with Crippen LogP contribution < -0.4 is 0 Å². The molecular weight excluding hydrogens is 219 g/mol. The highest BCUT2D eigenvalue weighted by molar-refractivity contribution is 9.10. The van der Waals surface area contributed by atoms with Gasteiger partial charge in [0.2, 0.25) is 0 Å². The van der Waals surface area contributed by atoms with E-state index in [0.29, 0.717) is 10.9 Å². The first-order valence-electron chi connectivity index (χ1n) is 2.37. The molecule has 0 aliphatic rings. The Hall–Kier alpha value is -0.480. The second-order valence-electron chi connectivity index (χ2n) is 1.49. The Morgan fingerprint density at radius 1 is 1.70 bits per heavy atom. The average molecular weight is 221 g/mol. The van der Waals surface area contributed by atoms with E-state index in [0.717, 1.165) is 0 Å². The smallest absolute Gasteiger partial charge is 0.170 e. The standard InChI is InChI=1S/C5H2BrClN2O/c6-4-5(7)9-3(2-10)1-8-4/h1-2H. The zero-order valence-corrected chi connectivity index (χ0v) is 7.06. The van der Waals surface area contributed by atoms with E-state index in [1.807, 2.05) is 0 Å². The van der Waals surface area contributed by atoms with Gasteiger partial charge in [0.1, 0.15) is 10.3 Å². The van der Waals surface area contributed by atoms with Crippen molar-refractivity contribution in [3.8, 4) is 0 Å². The summed E-state index contributed by atoms with van der Waals surface area (Å²) in [6.07, 6.45) is 1.92. The summed E-state index contributed by atoms with van der Waals surface area (Å²) in [4.78, 5) is 17.5. The van der Waals surface area contributed by atoms with Crippen LogP contribution in [0.4, 0.5) is 0 Å². The summed E-state index contributed by atoms with van der Waals surface area (Å²) in [7, 11) is 0. The average Bonchev–Trinajstić information content (AvgIpc) is 1.95. The molecule has 0 spiro atoms. The number of hydrogen-bond acceptors (Lipinski definition) is 3. The van der Waals surface area contributed by atoms with Crippen LogP contribution in [0, 0.1) is 0 Å². The van der Waals surface area contributed by atoms with Crippen molar-refractivity contribution in [2.75, 3.05) is 0 Å². The first-order chi connectivity index (χ1) is 4.74. The van der Waals surface area contributed by atoms with Crippen LogP contribution in [-0.4, -0.2) is 16.3 Å². The van der Waals surface area contributed by atoms with Gasteiger partial charge in [0.05, 0.1) is 6.20 Å². The molecule has 1 aromatic rings. The van der Waals surface area contributed by atoms with Gasteiger partial charge in [-0.25, -0.2) is 9.97 Å². The lowest BCUT2D eigenvalue weighted by molar-refractivity contribution is 0.111. The molecule has 0 atom stereocenters. The molecule has 0 aromatic carbocycles. The van der Waals surface area contributed by atoms with Gasteiger partial charge in [0, 0.05) is 0 Å². The van der Waals surface area contributed by atoms with Crippen molar-refractivity contribution in [3.63, 3.8) is 0 Å². The number of rotatable bonds is 1. The van der Waals surface area contributed by atoms with E-state index in [1.165, 1.54) is 6.20 Å². The Labute approximate surface area is 70.6 Å². The van der Waals surface area contributed by atoms with E-state index in [2.05, 4.69) is 25.9 Å². The maximum absolute atomic E-state index is 10.1. The molecule has 0 radical (unpaired) electrons. The topological polar surface area (TPSA) is 42.9 Å². The van der Waals surface area contributed by atoms with Crippen molar-refractivity contribution in [2.24, 2.45) is 0 Å². The van der Waals surface area contributed by atoms with Crippen LogP contribution in [0.2, 0.25) is 5.15 Å². The zero-order chi connectivity index (χ0) is 7.56. The number of hydrogen-bond donors (Lipinski definition) is 0. The lowest BCUT2D eigenvalue weighted by Gasteiger charge is -1.92. The Balaban J connectivity index is 3.16. The highest BCUT2D eigenvalue weighted by atomic mass is 79.9. The van der Waals surface area contributed by atoms with Crippen molar-refractivity contribution in [3.05, 3.63) is 21.6 Å². The van der Waals surface area contributed by atoms with Crippen LogP contribution in [0.3, 0.4) is 0 Å². The lowest BCUT2D eigenvalue weighted by atomic mass is 10.5.